The zero-order chi connectivity index (χ0) is 11.5. The van der Waals surface area contributed by atoms with Crippen LogP contribution in [0.3, 0.4) is 0 Å². The van der Waals surface area contributed by atoms with Gasteiger partial charge >= 0.3 is 0 Å². The quantitative estimate of drug-likeness (QED) is 0.779. The molecular formula is C11H19ClN2OS2. The van der Waals surface area contributed by atoms with E-state index in [0.717, 1.165) is 30.5 Å². The minimum atomic E-state index is 0. The third-order valence-electron chi connectivity index (χ3n) is 3.11. The highest BCUT2D eigenvalue weighted by molar-refractivity contribution is 8.03. The van der Waals surface area contributed by atoms with Crippen LogP contribution in [0.25, 0.3) is 0 Å². The molecule has 0 radical (unpaired) electrons. The van der Waals surface area contributed by atoms with Gasteiger partial charge < -0.3 is 9.80 Å². The van der Waals surface area contributed by atoms with Gasteiger partial charge in [-0.05, 0) is 13.8 Å². The van der Waals surface area contributed by atoms with Gasteiger partial charge in [0.15, 0.2) is 0 Å². The summed E-state index contributed by atoms with van der Waals surface area (Å²) in [5.41, 5.74) is 1.27. The molecule has 0 aromatic heterocycles. The highest BCUT2D eigenvalue weighted by Crippen LogP contribution is 2.30. The SMILES string of the molecule is CC1=C(C)N(CC(=O)N2CCSCC2)CS1.Cl. The average Bonchev–Trinajstić information content (AvgIpc) is 2.62. The largest absolute Gasteiger partial charge is 0.356 e. The van der Waals surface area contributed by atoms with Gasteiger partial charge in [0, 0.05) is 35.2 Å². The van der Waals surface area contributed by atoms with E-state index in [4.69, 9.17) is 0 Å². The Morgan fingerprint density at radius 1 is 1.29 bits per heavy atom. The number of thioether (sulfide) groups is 2. The van der Waals surface area contributed by atoms with Crippen LogP contribution in [0.5, 0.6) is 0 Å². The van der Waals surface area contributed by atoms with E-state index in [1.54, 1.807) is 0 Å². The van der Waals surface area contributed by atoms with Gasteiger partial charge in [-0.15, -0.1) is 24.2 Å². The lowest BCUT2D eigenvalue weighted by atomic mass is 10.3. The van der Waals surface area contributed by atoms with E-state index in [9.17, 15) is 4.79 Å². The summed E-state index contributed by atoms with van der Waals surface area (Å²) < 4.78 is 0. The zero-order valence-corrected chi connectivity index (χ0v) is 12.7. The second-order valence-electron chi connectivity index (χ2n) is 4.11. The van der Waals surface area contributed by atoms with Crippen LogP contribution in [0.1, 0.15) is 13.8 Å². The molecule has 0 unspecified atom stereocenters. The second-order valence-corrected chi connectivity index (χ2v) is 6.49. The number of carbonyl (C=O) groups excluding carboxylic acids is 1. The highest BCUT2D eigenvalue weighted by atomic mass is 35.5. The molecular weight excluding hydrogens is 276 g/mol. The Morgan fingerprint density at radius 3 is 2.47 bits per heavy atom. The summed E-state index contributed by atoms with van der Waals surface area (Å²) in [4.78, 5) is 17.6. The molecule has 0 aromatic rings. The van der Waals surface area contributed by atoms with Crippen LogP contribution >= 0.6 is 35.9 Å². The van der Waals surface area contributed by atoms with Crippen LogP contribution in [0.2, 0.25) is 0 Å². The molecule has 0 spiro atoms. The van der Waals surface area contributed by atoms with Crippen molar-refractivity contribution in [1.82, 2.24) is 9.80 Å². The van der Waals surface area contributed by atoms with E-state index in [1.807, 2.05) is 28.4 Å². The third-order valence-corrected chi connectivity index (χ3v) is 5.22. The molecule has 0 bridgehead atoms. The van der Waals surface area contributed by atoms with Gasteiger partial charge in [0.1, 0.15) is 0 Å². The Hall–Kier alpha value is -0.0000000000000000555. The number of amides is 1. The first-order chi connectivity index (χ1) is 7.68. The Labute approximate surface area is 118 Å². The number of halogens is 1. The summed E-state index contributed by atoms with van der Waals surface area (Å²) in [5.74, 6) is 3.41. The number of hydrogen-bond donors (Lipinski definition) is 0. The van der Waals surface area contributed by atoms with Gasteiger partial charge in [0.25, 0.3) is 0 Å². The van der Waals surface area contributed by atoms with Crippen LogP contribution in [0.4, 0.5) is 0 Å². The Morgan fingerprint density at radius 2 is 1.94 bits per heavy atom. The van der Waals surface area contributed by atoms with E-state index >= 15 is 0 Å². The molecule has 98 valence electrons. The van der Waals surface area contributed by atoms with E-state index in [1.165, 1.54) is 10.6 Å². The van der Waals surface area contributed by atoms with Crippen molar-refractivity contribution in [3.8, 4) is 0 Å². The second kappa shape index (κ2) is 6.81. The smallest absolute Gasteiger partial charge is 0.242 e. The van der Waals surface area contributed by atoms with E-state index in [0.29, 0.717) is 6.54 Å². The van der Waals surface area contributed by atoms with Crippen molar-refractivity contribution < 1.29 is 4.79 Å². The summed E-state index contributed by atoms with van der Waals surface area (Å²) in [7, 11) is 0. The fourth-order valence-electron chi connectivity index (χ4n) is 1.84. The molecule has 17 heavy (non-hydrogen) atoms. The first kappa shape index (κ1) is 15.1. The molecule has 2 aliphatic rings. The Bertz CT molecular complexity index is 317. The third kappa shape index (κ3) is 3.73. The molecule has 2 heterocycles. The van der Waals surface area contributed by atoms with Gasteiger partial charge in [-0.2, -0.15) is 11.8 Å². The monoisotopic (exact) mass is 294 g/mol. The van der Waals surface area contributed by atoms with E-state index < -0.39 is 0 Å². The normalized spacial score (nSPS) is 20.6. The zero-order valence-electron chi connectivity index (χ0n) is 10.3. The number of nitrogens with zero attached hydrogens (tertiary/aromatic N) is 2. The Balaban J connectivity index is 0.00000144. The minimum Gasteiger partial charge on any atom is -0.356 e. The maximum atomic E-state index is 12.0. The molecule has 1 saturated heterocycles. The van der Waals surface area contributed by atoms with Crippen LogP contribution in [0.15, 0.2) is 10.6 Å². The standard InChI is InChI=1S/C11H18N2OS2.ClH/c1-9-10(2)16-8-13(9)7-11(14)12-3-5-15-6-4-12;/h3-8H2,1-2H3;1H. The van der Waals surface area contributed by atoms with Crippen LogP contribution in [0, 0.1) is 0 Å². The summed E-state index contributed by atoms with van der Waals surface area (Å²) in [5, 5.41) is 0. The molecule has 0 atom stereocenters. The highest BCUT2D eigenvalue weighted by Gasteiger charge is 2.23. The van der Waals surface area contributed by atoms with Gasteiger partial charge in [-0.1, -0.05) is 0 Å². The first-order valence-electron chi connectivity index (χ1n) is 5.59. The predicted octanol–water partition coefficient (Wildman–Crippen LogP) is 2.24. The van der Waals surface area contributed by atoms with Crippen molar-refractivity contribution in [2.45, 2.75) is 13.8 Å². The van der Waals surface area contributed by atoms with Crippen molar-refractivity contribution in [3.63, 3.8) is 0 Å². The average molecular weight is 295 g/mol. The maximum absolute atomic E-state index is 12.0. The van der Waals surface area contributed by atoms with Crippen molar-refractivity contribution >= 4 is 41.8 Å². The minimum absolute atomic E-state index is 0. The molecule has 3 nitrogen and oxygen atoms in total. The molecule has 2 rings (SSSR count). The molecule has 0 aliphatic carbocycles. The predicted molar refractivity (Wildman–Crippen MR) is 78.7 cm³/mol. The lowest BCUT2D eigenvalue weighted by Gasteiger charge is -2.29. The molecule has 6 heteroatoms. The van der Waals surface area contributed by atoms with Crippen molar-refractivity contribution in [1.29, 1.82) is 0 Å². The number of rotatable bonds is 2. The van der Waals surface area contributed by atoms with Gasteiger partial charge in [0.05, 0.1) is 12.4 Å². The van der Waals surface area contributed by atoms with E-state index in [-0.39, 0.29) is 18.3 Å². The molecule has 0 N–H and O–H groups in total. The number of allylic oxidation sites excluding steroid dienone is 2. The molecule has 0 aromatic carbocycles. The van der Waals surface area contributed by atoms with Gasteiger partial charge in [-0.3, -0.25) is 4.79 Å². The van der Waals surface area contributed by atoms with Crippen LogP contribution < -0.4 is 0 Å². The van der Waals surface area contributed by atoms with Crippen molar-refractivity contribution in [2.24, 2.45) is 0 Å². The van der Waals surface area contributed by atoms with Crippen molar-refractivity contribution in [2.75, 3.05) is 37.0 Å². The summed E-state index contributed by atoms with van der Waals surface area (Å²) in [6, 6.07) is 0. The van der Waals surface area contributed by atoms with Gasteiger partial charge in [0.2, 0.25) is 5.91 Å². The molecule has 2 aliphatic heterocycles. The molecule has 1 fully saturated rings. The van der Waals surface area contributed by atoms with E-state index in [2.05, 4.69) is 18.7 Å². The fourth-order valence-corrected chi connectivity index (χ4v) is 3.71. The number of hydrogen-bond acceptors (Lipinski definition) is 4. The maximum Gasteiger partial charge on any atom is 0.242 e. The first-order valence-corrected chi connectivity index (χ1v) is 7.73. The molecule has 1 amide bonds. The summed E-state index contributed by atoms with van der Waals surface area (Å²) in [6.07, 6.45) is 0. The van der Waals surface area contributed by atoms with Gasteiger partial charge in [-0.25, -0.2) is 0 Å². The van der Waals surface area contributed by atoms with Crippen molar-refractivity contribution in [3.05, 3.63) is 10.6 Å². The fraction of sp³-hybridized carbons (Fsp3) is 0.727. The van der Waals surface area contributed by atoms with Crippen LogP contribution in [-0.2, 0) is 4.79 Å². The summed E-state index contributed by atoms with van der Waals surface area (Å²) >= 11 is 3.77. The number of carbonyl (C=O) groups is 1. The lowest BCUT2D eigenvalue weighted by Crippen LogP contribution is -2.43. The Kier molecular flexibility index (Phi) is 6.03. The molecule has 0 saturated carbocycles. The summed E-state index contributed by atoms with van der Waals surface area (Å²) in [6.45, 7) is 6.63. The lowest BCUT2D eigenvalue weighted by molar-refractivity contribution is -0.131. The van der Waals surface area contributed by atoms with Crippen LogP contribution in [-0.4, -0.2) is 52.7 Å². The topological polar surface area (TPSA) is 23.6 Å².